The summed E-state index contributed by atoms with van der Waals surface area (Å²) in [7, 11) is 1.30. The highest BCUT2D eigenvalue weighted by atomic mass is 16.5. The van der Waals surface area contributed by atoms with E-state index in [9.17, 15) is 15.0 Å². The van der Waals surface area contributed by atoms with Gasteiger partial charge < -0.3 is 19.7 Å². The summed E-state index contributed by atoms with van der Waals surface area (Å²) in [6.45, 7) is 1.75. The summed E-state index contributed by atoms with van der Waals surface area (Å²) < 4.78 is 9.51. The van der Waals surface area contributed by atoms with E-state index in [1.807, 2.05) is 0 Å². The molecule has 0 bridgehead atoms. The Balaban J connectivity index is 3.18. The number of methoxy groups -OCH3 is 1. The molecule has 0 aliphatic heterocycles. The summed E-state index contributed by atoms with van der Waals surface area (Å²) in [5.74, 6) is -1.15. The van der Waals surface area contributed by atoms with Gasteiger partial charge in [-0.3, -0.25) is 0 Å². The molecule has 1 aromatic rings. The molecule has 18 heavy (non-hydrogen) atoms. The average Bonchev–Trinajstić information content (AvgIpc) is 2.38. The van der Waals surface area contributed by atoms with Crippen LogP contribution in [0.4, 0.5) is 0 Å². The van der Waals surface area contributed by atoms with Gasteiger partial charge >= 0.3 is 5.97 Å². The summed E-state index contributed by atoms with van der Waals surface area (Å²) >= 11 is 0. The highest BCUT2D eigenvalue weighted by Crippen LogP contribution is 2.33. The number of carbonyl (C=O) groups excluding carboxylic acids is 1. The topological polar surface area (TPSA) is 99.8 Å². The number of esters is 1. The molecule has 0 heterocycles. The first-order valence-corrected chi connectivity index (χ1v) is 5.20. The molecule has 0 fully saturated rings. The van der Waals surface area contributed by atoms with E-state index in [2.05, 4.69) is 4.74 Å². The molecule has 0 aliphatic rings. The van der Waals surface area contributed by atoms with E-state index in [1.54, 1.807) is 13.0 Å². The molecule has 0 aliphatic carbocycles. The largest absolute Gasteiger partial charge is 0.503 e. The summed E-state index contributed by atoms with van der Waals surface area (Å²) in [6, 6.07) is 4.23. The SMILES string of the molecule is CCOC(=O)C(O)c1cc(C#N)c(O)c(OC)c1. The highest BCUT2D eigenvalue weighted by Gasteiger charge is 2.22. The van der Waals surface area contributed by atoms with Gasteiger partial charge in [0.25, 0.3) is 0 Å². The Labute approximate surface area is 104 Å². The number of nitrogens with zero attached hydrogens (tertiary/aromatic N) is 1. The van der Waals surface area contributed by atoms with Crippen LogP contribution in [0.5, 0.6) is 11.5 Å². The molecule has 0 radical (unpaired) electrons. The number of nitriles is 1. The fourth-order valence-electron chi connectivity index (χ4n) is 1.39. The van der Waals surface area contributed by atoms with Crippen LogP contribution in [0.25, 0.3) is 0 Å². The lowest BCUT2D eigenvalue weighted by Gasteiger charge is -2.12. The summed E-state index contributed by atoms with van der Waals surface area (Å²) in [6.07, 6.45) is -1.52. The van der Waals surface area contributed by atoms with Crippen molar-refractivity contribution in [2.75, 3.05) is 13.7 Å². The van der Waals surface area contributed by atoms with Crippen molar-refractivity contribution in [2.24, 2.45) is 0 Å². The van der Waals surface area contributed by atoms with Gasteiger partial charge in [0, 0.05) is 0 Å². The molecular weight excluding hydrogens is 238 g/mol. The van der Waals surface area contributed by atoms with Gasteiger partial charge in [-0.25, -0.2) is 4.79 Å². The van der Waals surface area contributed by atoms with Crippen molar-refractivity contribution in [3.8, 4) is 17.6 Å². The maximum atomic E-state index is 11.4. The molecule has 0 saturated carbocycles. The van der Waals surface area contributed by atoms with E-state index in [-0.39, 0.29) is 29.2 Å². The van der Waals surface area contributed by atoms with E-state index in [0.29, 0.717) is 0 Å². The second-order valence-electron chi connectivity index (χ2n) is 3.39. The second-order valence-corrected chi connectivity index (χ2v) is 3.39. The van der Waals surface area contributed by atoms with E-state index >= 15 is 0 Å². The lowest BCUT2D eigenvalue weighted by atomic mass is 10.0. The summed E-state index contributed by atoms with van der Waals surface area (Å²) in [5, 5.41) is 28.1. The van der Waals surface area contributed by atoms with Crippen LogP contribution in [0.15, 0.2) is 12.1 Å². The van der Waals surface area contributed by atoms with Crippen LogP contribution in [0, 0.1) is 11.3 Å². The first-order valence-electron chi connectivity index (χ1n) is 5.20. The van der Waals surface area contributed by atoms with Crippen LogP contribution in [-0.4, -0.2) is 29.9 Å². The molecular formula is C12H13NO5. The summed E-state index contributed by atoms with van der Waals surface area (Å²) in [4.78, 5) is 11.4. The number of ether oxygens (including phenoxy) is 2. The quantitative estimate of drug-likeness (QED) is 0.770. The fourth-order valence-corrected chi connectivity index (χ4v) is 1.39. The van der Waals surface area contributed by atoms with Gasteiger partial charge in [-0.2, -0.15) is 5.26 Å². The number of benzene rings is 1. The van der Waals surface area contributed by atoms with Crippen molar-refractivity contribution in [3.05, 3.63) is 23.3 Å². The maximum absolute atomic E-state index is 11.4. The standard InChI is InChI=1S/C12H13NO5/c1-3-18-12(16)11(15)7-4-8(6-13)10(14)9(5-7)17-2/h4-5,11,14-15H,3H2,1-2H3. The van der Waals surface area contributed by atoms with Crippen molar-refractivity contribution in [1.29, 1.82) is 5.26 Å². The van der Waals surface area contributed by atoms with Crippen LogP contribution >= 0.6 is 0 Å². The molecule has 96 valence electrons. The van der Waals surface area contributed by atoms with Crippen molar-refractivity contribution in [2.45, 2.75) is 13.0 Å². The molecule has 0 saturated heterocycles. The molecule has 1 unspecified atom stereocenters. The second kappa shape index (κ2) is 5.89. The van der Waals surface area contributed by atoms with E-state index in [1.165, 1.54) is 19.2 Å². The minimum absolute atomic E-state index is 0.00685. The zero-order valence-corrected chi connectivity index (χ0v) is 10.0. The van der Waals surface area contributed by atoms with Crippen LogP contribution in [0.2, 0.25) is 0 Å². The van der Waals surface area contributed by atoms with Gasteiger partial charge in [-0.15, -0.1) is 0 Å². The van der Waals surface area contributed by atoms with Gasteiger partial charge in [0.2, 0.25) is 0 Å². The fraction of sp³-hybridized carbons (Fsp3) is 0.333. The van der Waals surface area contributed by atoms with E-state index in [4.69, 9.17) is 10.00 Å². The molecule has 6 nitrogen and oxygen atoms in total. The third-order valence-electron chi connectivity index (χ3n) is 2.26. The van der Waals surface area contributed by atoms with Gasteiger partial charge in [-0.1, -0.05) is 0 Å². The Morgan fingerprint density at radius 2 is 2.22 bits per heavy atom. The molecule has 0 amide bonds. The van der Waals surface area contributed by atoms with Crippen LogP contribution in [-0.2, 0) is 9.53 Å². The Bertz CT molecular complexity index is 492. The lowest BCUT2D eigenvalue weighted by molar-refractivity contribution is -0.153. The van der Waals surface area contributed by atoms with Crippen LogP contribution < -0.4 is 4.74 Å². The number of carbonyl (C=O) groups is 1. The van der Waals surface area contributed by atoms with Gasteiger partial charge in [0.05, 0.1) is 19.3 Å². The van der Waals surface area contributed by atoms with Gasteiger partial charge in [-0.05, 0) is 24.6 Å². The smallest absolute Gasteiger partial charge is 0.339 e. The monoisotopic (exact) mass is 251 g/mol. The van der Waals surface area contributed by atoms with Crippen molar-refractivity contribution in [1.82, 2.24) is 0 Å². The number of rotatable bonds is 4. The molecule has 2 N–H and O–H groups in total. The molecule has 0 aromatic heterocycles. The Kier molecular flexibility index (Phi) is 4.52. The van der Waals surface area contributed by atoms with E-state index < -0.39 is 12.1 Å². The first kappa shape index (κ1) is 13.8. The average molecular weight is 251 g/mol. The lowest BCUT2D eigenvalue weighted by Crippen LogP contribution is -2.15. The molecule has 0 spiro atoms. The molecule has 6 heteroatoms. The number of aromatic hydroxyl groups is 1. The molecule has 1 atom stereocenters. The Morgan fingerprint density at radius 1 is 1.56 bits per heavy atom. The number of hydrogen-bond acceptors (Lipinski definition) is 6. The zero-order chi connectivity index (χ0) is 13.7. The number of phenolic OH excluding ortho intramolecular Hbond substituents is 1. The van der Waals surface area contributed by atoms with Crippen LogP contribution in [0.3, 0.4) is 0 Å². The Hall–Kier alpha value is -2.26. The van der Waals surface area contributed by atoms with E-state index in [0.717, 1.165) is 0 Å². The number of aliphatic hydroxyl groups excluding tert-OH is 1. The van der Waals surface area contributed by atoms with Crippen LogP contribution in [0.1, 0.15) is 24.2 Å². The minimum Gasteiger partial charge on any atom is -0.503 e. The minimum atomic E-state index is -1.52. The third-order valence-corrected chi connectivity index (χ3v) is 2.26. The predicted molar refractivity (Wildman–Crippen MR) is 61.0 cm³/mol. The molecule has 1 rings (SSSR count). The highest BCUT2D eigenvalue weighted by molar-refractivity contribution is 5.77. The first-order chi connectivity index (χ1) is 8.54. The molecule has 1 aromatic carbocycles. The predicted octanol–water partition coefficient (Wildman–Crippen LogP) is 0.869. The normalized spacial score (nSPS) is 11.4. The third kappa shape index (κ3) is 2.70. The van der Waals surface area contributed by atoms with Crippen molar-refractivity contribution < 1.29 is 24.5 Å². The zero-order valence-electron chi connectivity index (χ0n) is 10.0. The Morgan fingerprint density at radius 3 is 2.72 bits per heavy atom. The number of hydrogen-bond donors (Lipinski definition) is 2. The van der Waals surface area contributed by atoms with Gasteiger partial charge in [0.1, 0.15) is 6.07 Å². The summed E-state index contributed by atoms with van der Waals surface area (Å²) in [5.41, 5.74) is 0.0346. The van der Waals surface area contributed by atoms with Gasteiger partial charge in [0.15, 0.2) is 17.6 Å². The van der Waals surface area contributed by atoms with Crippen molar-refractivity contribution >= 4 is 5.97 Å². The maximum Gasteiger partial charge on any atom is 0.339 e. The number of aliphatic hydroxyl groups is 1. The number of phenols is 1. The van der Waals surface area contributed by atoms with Crippen molar-refractivity contribution in [3.63, 3.8) is 0 Å².